The summed E-state index contributed by atoms with van der Waals surface area (Å²) in [6, 6.07) is 2.16. The van der Waals surface area contributed by atoms with E-state index < -0.39 is 5.92 Å². The first kappa shape index (κ1) is 15.0. The van der Waals surface area contributed by atoms with Crippen molar-refractivity contribution in [2.24, 2.45) is 11.3 Å². The fraction of sp³-hybridized carbons (Fsp3) is 0.857. The van der Waals surface area contributed by atoms with E-state index in [4.69, 9.17) is 9.47 Å². The molecule has 0 aliphatic carbocycles. The fourth-order valence-electron chi connectivity index (χ4n) is 2.94. The lowest BCUT2D eigenvalue weighted by molar-refractivity contribution is -0.160. The Bertz CT molecular complexity index is 345. The molecule has 1 aliphatic heterocycles. The quantitative estimate of drug-likeness (QED) is 0.723. The van der Waals surface area contributed by atoms with Crippen LogP contribution in [0.4, 0.5) is 0 Å². The molecule has 102 valence electrons. The largest absolute Gasteiger partial charge is 0.465 e. The molecule has 18 heavy (non-hydrogen) atoms. The van der Waals surface area contributed by atoms with Gasteiger partial charge < -0.3 is 9.47 Å². The van der Waals surface area contributed by atoms with Gasteiger partial charge in [0.15, 0.2) is 0 Å². The predicted octanol–water partition coefficient (Wildman–Crippen LogP) is 2.67. The zero-order valence-corrected chi connectivity index (χ0v) is 11.8. The average molecular weight is 253 g/mol. The van der Waals surface area contributed by atoms with Crippen LogP contribution in [0.3, 0.4) is 0 Å². The molecule has 0 aromatic rings. The van der Waals surface area contributed by atoms with Crippen molar-refractivity contribution in [3.05, 3.63) is 0 Å². The highest BCUT2D eigenvalue weighted by Gasteiger charge is 2.48. The normalized spacial score (nSPS) is 28.2. The van der Waals surface area contributed by atoms with E-state index in [9.17, 15) is 10.1 Å². The molecule has 0 aromatic carbocycles. The van der Waals surface area contributed by atoms with E-state index in [1.807, 2.05) is 20.8 Å². The summed E-state index contributed by atoms with van der Waals surface area (Å²) in [7, 11) is 0. The number of esters is 1. The third kappa shape index (κ3) is 3.02. The molecule has 0 amide bonds. The summed E-state index contributed by atoms with van der Waals surface area (Å²) >= 11 is 0. The van der Waals surface area contributed by atoms with Gasteiger partial charge in [0.1, 0.15) is 5.92 Å². The molecule has 0 radical (unpaired) electrons. The van der Waals surface area contributed by atoms with Crippen molar-refractivity contribution in [1.82, 2.24) is 0 Å². The van der Waals surface area contributed by atoms with E-state index in [2.05, 4.69) is 6.07 Å². The summed E-state index contributed by atoms with van der Waals surface area (Å²) in [6.07, 6.45) is 2.24. The Morgan fingerprint density at radius 3 is 2.61 bits per heavy atom. The van der Waals surface area contributed by atoms with Crippen molar-refractivity contribution in [3.63, 3.8) is 0 Å². The molecule has 1 rings (SSSR count). The van der Waals surface area contributed by atoms with Gasteiger partial charge in [-0.15, -0.1) is 0 Å². The molecule has 1 saturated heterocycles. The highest BCUT2D eigenvalue weighted by molar-refractivity contribution is 5.76. The monoisotopic (exact) mass is 253 g/mol. The van der Waals surface area contributed by atoms with E-state index in [1.165, 1.54) is 0 Å². The number of rotatable bonds is 4. The third-order valence-corrected chi connectivity index (χ3v) is 3.84. The Morgan fingerprint density at radius 1 is 1.50 bits per heavy atom. The Morgan fingerprint density at radius 2 is 2.17 bits per heavy atom. The van der Waals surface area contributed by atoms with Crippen LogP contribution in [0.1, 0.15) is 47.0 Å². The van der Waals surface area contributed by atoms with E-state index in [1.54, 1.807) is 6.92 Å². The Balaban J connectivity index is 2.98. The van der Waals surface area contributed by atoms with Crippen molar-refractivity contribution < 1.29 is 14.3 Å². The van der Waals surface area contributed by atoms with Crippen molar-refractivity contribution in [3.8, 4) is 6.07 Å². The molecule has 2 unspecified atom stereocenters. The number of carbonyl (C=O) groups is 1. The smallest absolute Gasteiger partial charge is 0.323 e. The zero-order valence-electron chi connectivity index (χ0n) is 11.8. The molecular weight excluding hydrogens is 230 g/mol. The SMILES string of the molecule is CCOC(=O)C(C#N)C1(CC)CCOC(C)(C)C1. The van der Waals surface area contributed by atoms with Crippen molar-refractivity contribution >= 4 is 5.97 Å². The molecule has 0 bridgehead atoms. The van der Waals surface area contributed by atoms with Gasteiger partial charge in [-0.3, -0.25) is 4.79 Å². The molecular formula is C14H23NO3. The first-order valence-corrected chi connectivity index (χ1v) is 6.61. The second-order valence-electron chi connectivity index (χ2n) is 5.57. The molecule has 2 atom stereocenters. The number of carbonyl (C=O) groups excluding carboxylic acids is 1. The second-order valence-corrected chi connectivity index (χ2v) is 5.57. The van der Waals surface area contributed by atoms with Crippen molar-refractivity contribution in [2.75, 3.05) is 13.2 Å². The standard InChI is InChI=1S/C14H23NO3/c1-5-14(7-8-18-13(3,4)10-14)11(9-15)12(16)17-6-2/h11H,5-8,10H2,1-4H3. The molecule has 4 nitrogen and oxygen atoms in total. The van der Waals surface area contributed by atoms with Crippen LogP contribution in [-0.2, 0) is 14.3 Å². The van der Waals surface area contributed by atoms with Gasteiger partial charge in [-0.2, -0.15) is 5.26 Å². The minimum absolute atomic E-state index is 0.282. The number of ether oxygens (including phenoxy) is 2. The van der Waals surface area contributed by atoms with Crippen LogP contribution in [-0.4, -0.2) is 24.8 Å². The van der Waals surface area contributed by atoms with Gasteiger partial charge in [0.25, 0.3) is 0 Å². The molecule has 0 N–H and O–H groups in total. The number of hydrogen-bond donors (Lipinski definition) is 0. The molecule has 1 aliphatic rings. The average Bonchev–Trinajstić information content (AvgIpc) is 2.29. The molecule has 4 heteroatoms. The maximum absolute atomic E-state index is 12.0. The lowest BCUT2D eigenvalue weighted by atomic mass is 9.64. The molecule has 0 aromatic heterocycles. The highest BCUT2D eigenvalue weighted by atomic mass is 16.5. The van der Waals surface area contributed by atoms with Gasteiger partial charge in [0, 0.05) is 12.0 Å². The molecule has 1 heterocycles. The molecule has 0 spiro atoms. The first-order chi connectivity index (χ1) is 8.40. The van der Waals surface area contributed by atoms with Crippen LogP contribution in [0.5, 0.6) is 0 Å². The Kier molecular flexibility index (Phi) is 4.75. The van der Waals surface area contributed by atoms with Crippen LogP contribution >= 0.6 is 0 Å². The lowest BCUT2D eigenvalue weighted by Crippen LogP contribution is -2.47. The Hall–Kier alpha value is -1.08. The van der Waals surface area contributed by atoms with Crippen LogP contribution in [0.25, 0.3) is 0 Å². The number of nitriles is 1. The summed E-state index contributed by atoms with van der Waals surface area (Å²) < 4.78 is 10.7. The summed E-state index contributed by atoms with van der Waals surface area (Å²) in [5.74, 6) is -1.08. The maximum atomic E-state index is 12.0. The summed E-state index contributed by atoms with van der Waals surface area (Å²) in [5.41, 5.74) is -0.599. The topological polar surface area (TPSA) is 59.3 Å². The third-order valence-electron chi connectivity index (χ3n) is 3.84. The van der Waals surface area contributed by atoms with Gasteiger partial charge in [-0.05, 0) is 40.0 Å². The number of nitrogens with zero attached hydrogens (tertiary/aromatic N) is 1. The second kappa shape index (κ2) is 5.71. The van der Waals surface area contributed by atoms with Crippen LogP contribution in [0.15, 0.2) is 0 Å². The summed E-state index contributed by atoms with van der Waals surface area (Å²) in [4.78, 5) is 12.0. The van der Waals surface area contributed by atoms with Crippen LogP contribution in [0, 0.1) is 22.7 Å². The van der Waals surface area contributed by atoms with E-state index in [-0.39, 0.29) is 17.0 Å². The Labute approximate surface area is 109 Å². The van der Waals surface area contributed by atoms with E-state index in [0.717, 1.165) is 12.8 Å². The van der Waals surface area contributed by atoms with Crippen LogP contribution in [0.2, 0.25) is 0 Å². The number of hydrogen-bond acceptors (Lipinski definition) is 4. The van der Waals surface area contributed by atoms with Crippen molar-refractivity contribution in [2.45, 2.75) is 52.6 Å². The first-order valence-electron chi connectivity index (χ1n) is 6.61. The summed E-state index contributed by atoms with van der Waals surface area (Å²) in [5, 5.41) is 9.35. The van der Waals surface area contributed by atoms with E-state index in [0.29, 0.717) is 19.6 Å². The van der Waals surface area contributed by atoms with Gasteiger partial charge in [-0.1, -0.05) is 6.92 Å². The van der Waals surface area contributed by atoms with Crippen LogP contribution < -0.4 is 0 Å². The minimum atomic E-state index is -0.689. The lowest BCUT2D eigenvalue weighted by Gasteiger charge is -2.46. The minimum Gasteiger partial charge on any atom is -0.465 e. The summed E-state index contributed by atoms with van der Waals surface area (Å²) in [6.45, 7) is 8.73. The van der Waals surface area contributed by atoms with Crippen molar-refractivity contribution in [1.29, 1.82) is 5.26 Å². The molecule has 1 fully saturated rings. The van der Waals surface area contributed by atoms with Gasteiger partial charge in [0.05, 0.1) is 18.3 Å². The highest BCUT2D eigenvalue weighted by Crippen LogP contribution is 2.47. The predicted molar refractivity (Wildman–Crippen MR) is 67.7 cm³/mol. The van der Waals surface area contributed by atoms with Gasteiger partial charge in [0.2, 0.25) is 0 Å². The van der Waals surface area contributed by atoms with Gasteiger partial charge >= 0.3 is 5.97 Å². The molecule has 0 saturated carbocycles. The maximum Gasteiger partial charge on any atom is 0.323 e. The van der Waals surface area contributed by atoms with E-state index >= 15 is 0 Å². The van der Waals surface area contributed by atoms with Gasteiger partial charge in [-0.25, -0.2) is 0 Å². The fourth-order valence-corrected chi connectivity index (χ4v) is 2.94. The zero-order chi connectivity index (χ0) is 13.8.